The van der Waals surface area contributed by atoms with E-state index in [1.165, 1.54) is 17.8 Å². The van der Waals surface area contributed by atoms with Gasteiger partial charge in [-0.2, -0.15) is 0 Å². The first-order valence-corrected chi connectivity index (χ1v) is 11.4. The highest BCUT2D eigenvalue weighted by atomic mass is 32.2. The molecule has 1 fully saturated rings. The number of thioether (sulfide) groups is 1. The molecular formula is C25H17N3O3S2. The summed E-state index contributed by atoms with van der Waals surface area (Å²) < 4.78 is 2.35. The fraction of sp³-hybridized carbons (Fsp3) is 0.0400. The number of thiocarbonyl (C=S) groups is 1. The van der Waals surface area contributed by atoms with E-state index in [2.05, 4.69) is 0 Å². The second-order valence-electron chi connectivity index (χ2n) is 7.46. The number of carbonyl (C=O) groups excluding carboxylic acids is 1. The van der Waals surface area contributed by atoms with Gasteiger partial charge in [-0.1, -0.05) is 78.6 Å². The van der Waals surface area contributed by atoms with Gasteiger partial charge in [-0.3, -0.25) is 19.8 Å². The molecule has 6 nitrogen and oxygen atoms in total. The maximum absolute atomic E-state index is 13.4. The Hall–Kier alpha value is -3.75. The van der Waals surface area contributed by atoms with E-state index in [-0.39, 0.29) is 16.5 Å². The first-order chi connectivity index (χ1) is 16.0. The van der Waals surface area contributed by atoms with Gasteiger partial charge in [0.2, 0.25) is 0 Å². The Balaban J connectivity index is 1.48. The number of hydrogen-bond acceptors (Lipinski definition) is 5. The maximum atomic E-state index is 13.4. The molecule has 0 N–H and O–H groups in total. The molecule has 0 spiro atoms. The van der Waals surface area contributed by atoms with Gasteiger partial charge in [0, 0.05) is 28.9 Å². The molecule has 5 rings (SSSR count). The number of rotatable bonds is 5. The van der Waals surface area contributed by atoms with Gasteiger partial charge < -0.3 is 4.57 Å². The van der Waals surface area contributed by atoms with E-state index in [1.807, 2.05) is 65.4 Å². The molecular weight excluding hydrogens is 454 g/mol. The number of nitrogens with zero attached hydrogens (tertiary/aromatic N) is 3. The lowest BCUT2D eigenvalue weighted by Gasteiger charge is -2.17. The predicted octanol–water partition coefficient (Wildman–Crippen LogP) is 6.00. The average molecular weight is 472 g/mol. The van der Waals surface area contributed by atoms with E-state index in [0.717, 1.165) is 22.2 Å². The Morgan fingerprint density at radius 1 is 0.970 bits per heavy atom. The zero-order valence-electron chi connectivity index (χ0n) is 17.3. The van der Waals surface area contributed by atoms with Crippen molar-refractivity contribution in [3.8, 4) is 0 Å². The SMILES string of the molecule is O=C1/C(=C/c2cccn2Cc2ccccc2[N+](=O)[O-])SC(=S)N1c1cccc2ccccc12. The molecule has 8 heteroatoms. The number of carbonyl (C=O) groups is 1. The van der Waals surface area contributed by atoms with Crippen molar-refractivity contribution in [2.75, 3.05) is 4.90 Å². The molecule has 0 saturated carbocycles. The topological polar surface area (TPSA) is 68.4 Å². The largest absolute Gasteiger partial charge is 0.343 e. The molecule has 3 aromatic carbocycles. The standard InChI is InChI=1S/C25H17N3O3S2/c29-24-23(33-25(32)27(24)22-13-5-9-17-7-1-3-11-20(17)22)15-19-10-6-14-26(19)16-18-8-2-4-12-21(18)28(30)31/h1-15H,16H2/b23-15-. The van der Waals surface area contributed by atoms with E-state index in [4.69, 9.17) is 12.2 Å². The normalized spacial score (nSPS) is 15.0. The minimum atomic E-state index is -0.381. The summed E-state index contributed by atoms with van der Waals surface area (Å²) in [5.41, 5.74) is 2.19. The van der Waals surface area contributed by atoms with E-state index >= 15 is 0 Å². The van der Waals surface area contributed by atoms with Crippen molar-refractivity contribution in [2.45, 2.75) is 6.54 Å². The number of amides is 1. The summed E-state index contributed by atoms with van der Waals surface area (Å²) in [4.78, 5) is 26.4. The Morgan fingerprint density at radius 2 is 1.73 bits per heavy atom. The Morgan fingerprint density at radius 3 is 2.58 bits per heavy atom. The third-order valence-corrected chi connectivity index (χ3v) is 6.78. The highest BCUT2D eigenvalue weighted by molar-refractivity contribution is 8.27. The monoisotopic (exact) mass is 471 g/mol. The van der Waals surface area contributed by atoms with E-state index in [1.54, 1.807) is 29.2 Å². The van der Waals surface area contributed by atoms with Gasteiger partial charge in [0.15, 0.2) is 4.32 Å². The molecule has 4 aromatic rings. The van der Waals surface area contributed by atoms with Gasteiger partial charge in [0.1, 0.15) is 0 Å². The summed E-state index contributed by atoms with van der Waals surface area (Å²) in [6.45, 7) is 0.319. The van der Waals surface area contributed by atoms with Crippen LogP contribution in [0.4, 0.5) is 11.4 Å². The third-order valence-electron chi connectivity index (χ3n) is 5.47. The lowest BCUT2D eigenvalue weighted by Crippen LogP contribution is -2.27. The van der Waals surface area contributed by atoms with Crippen molar-refractivity contribution in [3.05, 3.63) is 111 Å². The predicted molar refractivity (Wildman–Crippen MR) is 136 cm³/mol. The van der Waals surface area contributed by atoms with Crippen LogP contribution in [0.3, 0.4) is 0 Å². The number of nitro groups is 1. The van der Waals surface area contributed by atoms with Crippen molar-refractivity contribution in [3.63, 3.8) is 0 Å². The van der Waals surface area contributed by atoms with Gasteiger partial charge in [0.05, 0.1) is 22.1 Å². The lowest BCUT2D eigenvalue weighted by molar-refractivity contribution is -0.385. The van der Waals surface area contributed by atoms with Crippen molar-refractivity contribution in [1.29, 1.82) is 0 Å². The number of anilines is 1. The molecule has 0 aliphatic carbocycles. The van der Waals surface area contributed by atoms with Crippen LogP contribution in [0.5, 0.6) is 0 Å². The Bertz CT molecular complexity index is 1450. The molecule has 0 unspecified atom stereocenters. The van der Waals surface area contributed by atoms with Crippen LogP contribution in [0.1, 0.15) is 11.3 Å². The molecule has 162 valence electrons. The van der Waals surface area contributed by atoms with Crippen molar-refractivity contribution < 1.29 is 9.72 Å². The van der Waals surface area contributed by atoms with Crippen LogP contribution in [0.15, 0.2) is 90.0 Å². The lowest BCUT2D eigenvalue weighted by atomic mass is 10.1. The number of aromatic nitrogens is 1. The summed E-state index contributed by atoms with van der Waals surface area (Å²) in [7, 11) is 0. The van der Waals surface area contributed by atoms with Crippen LogP contribution in [0, 0.1) is 10.1 Å². The van der Waals surface area contributed by atoms with Gasteiger partial charge in [-0.15, -0.1) is 0 Å². The fourth-order valence-electron chi connectivity index (χ4n) is 3.92. The van der Waals surface area contributed by atoms with Gasteiger partial charge >= 0.3 is 0 Å². The summed E-state index contributed by atoms with van der Waals surface area (Å²) in [5, 5.41) is 13.4. The summed E-state index contributed by atoms with van der Waals surface area (Å²) in [6, 6.07) is 24.1. The van der Waals surface area contributed by atoms with Gasteiger partial charge in [-0.05, 0) is 29.7 Å². The second kappa shape index (κ2) is 8.65. The molecule has 1 aromatic heterocycles. The van der Waals surface area contributed by atoms with E-state index in [9.17, 15) is 14.9 Å². The second-order valence-corrected chi connectivity index (χ2v) is 9.14. The first-order valence-electron chi connectivity index (χ1n) is 10.2. The number of hydrogen-bond donors (Lipinski definition) is 0. The number of fused-ring (bicyclic) bond motifs is 1. The minimum absolute atomic E-state index is 0.0689. The number of nitro benzene ring substituents is 1. The Labute approximate surface area is 199 Å². The zero-order valence-corrected chi connectivity index (χ0v) is 18.9. The molecule has 1 aliphatic heterocycles. The van der Waals surface area contributed by atoms with Gasteiger partial charge in [-0.25, -0.2) is 0 Å². The molecule has 1 amide bonds. The van der Waals surface area contributed by atoms with Crippen molar-refractivity contribution in [1.82, 2.24) is 4.57 Å². The molecule has 0 atom stereocenters. The third kappa shape index (κ3) is 3.94. The average Bonchev–Trinajstić information content (AvgIpc) is 3.37. The first kappa shape index (κ1) is 21.1. The van der Waals surface area contributed by atoms with E-state index < -0.39 is 0 Å². The van der Waals surface area contributed by atoms with Crippen LogP contribution in [-0.4, -0.2) is 19.7 Å². The van der Waals surface area contributed by atoms with Crippen LogP contribution in [0.2, 0.25) is 0 Å². The van der Waals surface area contributed by atoms with Crippen molar-refractivity contribution in [2.24, 2.45) is 0 Å². The quantitative estimate of drug-likeness (QED) is 0.154. The fourth-order valence-corrected chi connectivity index (χ4v) is 5.19. The minimum Gasteiger partial charge on any atom is -0.343 e. The summed E-state index contributed by atoms with van der Waals surface area (Å²) >= 11 is 6.82. The zero-order chi connectivity index (χ0) is 22.9. The summed E-state index contributed by atoms with van der Waals surface area (Å²) in [6.07, 6.45) is 3.63. The van der Waals surface area contributed by atoms with Crippen LogP contribution in [-0.2, 0) is 11.3 Å². The van der Waals surface area contributed by atoms with Crippen molar-refractivity contribution >= 4 is 62.4 Å². The number of benzene rings is 3. The van der Waals surface area contributed by atoms with E-state index in [0.29, 0.717) is 21.3 Å². The molecule has 1 saturated heterocycles. The highest BCUT2D eigenvalue weighted by Gasteiger charge is 2.34. The Kier molecular flexibility index (Phi) is 5.53. The molecule has 1 aliphatic rings. The molecule has 2 heterocycles. The number of para-hydroxylation sites is 1. The van der Waals surface area contributed by atoms with Gasteiger partial charge in [0.25, 0.3) is 11.6 Å². The molecule has 0 bridgehead atoms. The van der Waals surface area contributed by atoms with Crippen LogP contribution >= 0.6 is 24.0 Å². The summed E-state index contributed by atoms with van der Waals surface area (Å²) in [5.74, 6) is -0.181. The molecule has 33 heavy (non-hydrogen) atoms. The van der Waals surface area contributed by atoms with Crippen LogP contribution in [0.25, 0.3) is 16.8 Å². The highest BCUT2D eigenvalue weighted by Crippen LogP contribution is 2.39. The maximum Gasteiger partial charge on any atom is 0.274 e. The van der Waals surface area contributed by atoms with Crippen LogP contribution < -0.4 is 4.90 Å². The molecule has 0 radical (unpaired) electrons. The smallest absolute Gasteiger partial charge is 0.274 e.